The van der Waals surface area contributed by atoms with E-state index in [1.165, 1.54) is 0 Å². The van der Waals surface area contributed by atoms with E-state index >= 15 is 0 Å². The van der Waals surface area contributed by atoms with Crippen LogP contribution in [0.3, 0.4) is 0 Å². The van der Waals surface area contributed by atoms with Crippen LogP contribution in [0.4, 0.5) is 0 Å². The first-order valence-electron chi connectivity index (χ1n) is 8.34. The molecule has 1 aliphatic rings. The third-order valence-corrected chi connectivity index (χ3v) is 5.33. The second kappa shape index (κ2) is 7.49. The van der Waals surface area contributed by atoms with Crippen molar-refractivity contribution in [3.05, 3.63) is 69.7 Å². The van der Waals surface area contributed by atoms with Gasteiger partial charge >= 0.3 is 0 Å². The zero-order valence-electron chi connectivity index (χ0n) is 13.8. The number of benzene rings is 2. The maximum atomic E-state index is 12.7. The lowest BCUT2D eigenvalue weighted by atomic mass is 9.87. The van der Waals surface area contributed by atoms with Gasteiger partial charge in [-0.3, -0.25) is 4.79 Å². The van der Waals surface area contributed by atoms with Gasteiger partial charge in [-0.05, 0) is 55.0 Å². The Labute approximate surface area is 151 Å². The van der Waals surface area contributed by atoms with Crippen LogP contribution in [0.25, 0.3) is 0 Å². The second-order valence-electron chi connectivity index (χ2n) is 6.44. The van der Waals surface area contributed by atoms with Crippen LogP contribution in [0, 0.1) is 12.8 Å². The van der Waals surface area contributed by atoms with E-state index in [2.05, 4.69) is 15.9 Å². The van der Waals surface area contributed by atoms with Crippen LogP contribution in [-0.2, 0) is 0 Å². The van der Waals surface area contributed by atoms with E-state index in [-0.39, 0.29) is 11.8 Å². The maximum absolute atomic E-state index is 12.7. The number of piperidine rings is 1. The molecule has 1 heterocycles. The molecule has 1 atom stereocenters. The van der Waals surface area contributed by atoms with Gasteiger partial charge in [0.2, 0.25) is 0 Å². The first-order valence-corrected chi connectivity index (χ1v) is 9.14. The number of aliphatic hydroxyl groups is 1. The summed E-state index contributed by atoms with van der Waals surface area (Å²) in [5.41, 5.74) is 2.71. The number of nitrogens with zero attached hydrogens (tertiary/aromatic N) is 1. The summed E-state index contributed by atoms with van der Waals surface area (Å²) in [5, 5.41) is 10.6. The molecule has 0 bridgehead atoms. The summed E-state index contributed by atoms with van der Waals surface area (Å²) < 4.78 is 0.987. The fourth-order valence-electron chi connectivity index (χ4n) is 3.38. The minimum atomic E-state index is -0.446. The summed E-state index contributed by atoms with van der Waals surface area (Å²) in [6.07, 6.45) is 1.22. The third kappa shape index (κ3) is 3.70. The fraction of sp³-hybridized carbons (Fsp3) is 0.350. The van der Waals surface area contributed by atoms with Crippen molar-refractivity contribution in [1.82, 2.24) is 4.90 Å². The van der Waals surface area contributed by atoms with E-state index in [1.54, 1.807) is 0 Å². The largest absolute Gasteiger partial charge is 0.388 e. The van der Waals surface area contributed by atoms with Gasteiger partial charge in [0, 0.05) is 23.1 Å². The molecule has 1 fully saturated rings. The third-order valence-electron chi connectivity index (χ3n) is 4.83. The number of hydrogen-bond donors (Lipinski definition) is 1. The van der Waals surface area contributed by atoms with Crippen LogP contribution < -0.4 is 0 Å². The standard InChI is InChI=1S/C20H22BrNO2/c1-14-13-17(21)7-8-18(14)20(24)22-11-9-16(10-12-22)19(23)15-5-3-2-4-6-15/h2-8,13,16,19,23H,9-12H2,1H3. The van der Waals surface area contributed by atoms with Crippen molar-refractivity contribution in [3.8, 4) is 0 Å². The van der Waals surface area contributed by atoms with Crippen molar-refractivity contribution >= 4 is 21.8 Å². The number of amides is 1. The van der Waals surface area contributed by atoms with Gasteiger partial charge in [-0.25, -0.2) is 0 Å². The van der Waals surface area contributed by atoms with E-state index < -0.39 is 6.10 Å². The van der Waals surface area contributed by atoms with E-state index in [9.17, 15) is 9.90 Å². The molecule has 1 aliphatic heterocycles. The van der Waals surface area contributed by atoms with E-state index in [0.717, 1.165) is 34.0 Å². The SMILES string of the molecule is Cc1cc(Br)ccc1C(=O)N1CCC(C(O)c2ccccc2)CC1. The molecule has 0 saturated carbocycles. The Bertz CT molecular complexity index is 709. The Morgan fingerprint density at radius 3 is 2.46 bits per heavy atom. The van der Waals surface area contributed by atoms with Gasteiger partial charge in [-0.1, -0.05) is 46.3 Å². The molecule has 0 aromatic heterocycles. The molecule has 126 valence electrons. The zero-order chi connectivity index (χ0) is 17.1. The summed E-state index contributed by atoms with van der Waals surface area (Å²) in [4.78, 5) is 14.6. The normalized spacial score (nSPS) is 16.9. The summed E-state index contributed by atoms with van der Waals surface area (Å²) >= 11 is 3.43. The Kier molecular flexibility index (Phi) is 5.36. The van der Waals surface area contributed by atoms with Crippen LogP contribution in [0.2, 0.25) is 0 Å². The Morgan fingerprint density at radius 2 is 1.83 bits per heavy atom. The number of aliphatic hydroxyl groups excluding tert-OH is 1. The molecule has 4 heteroatoms. The van der Waals surface area contributed by atoms with Crippen molar-refractivity contribution < 1.29 is 9.90 Å². The van der Waals surface area contributed by atoms with Crippen LogP contribution >= 0.6 is 15.9 Å². The number of rotatable bonds is 3. The molecule has 1 saturated heterocycles. The Morgan fingerprint density at radius 1 is 1.17 bits per heavy atom. The number of carbonyl (C=O) groups excluding carboxylic acids is 1. The summed E-state index contributed by atoms with van der Waals surface area (Å²) in [7, 11) is 0. The van der Waals surface area contributed by atoms with Gasteiger partial charge in [-0.2, -0.15) is 0 Å². The predicted octanol–water partition coefficient (Wildman–Crippen LogP) is 4.34. The highest BCUT2D eigenvalue weighted by atomic mass is 79.9. The lowest BCUT2D eigenvalue weighted by molar-refractivity contribution is 0.0462. The van der Waals surface area contributed by atoms with E-state index in [0.29, 0.717) is 13.1 Å². The van der Waals surface area contributed by atoms with Crippen molar-refractivity contribution in [1.29, 1.82) is 0 Å². The first kappa shape index (κ1) is 17.2. The smallest absolute Gasteiger partial charge is 0.254 e. The van der Waals surface area contributed by atoms with Crippen LogP contribution in [0.5, 0.6) is 0 Å². The van der Waals surface area contributed by atoms with Crippen LogP contribution in [0.15, 0.2) is 53.0 Å². The molecule has 1 amide bonds. The van der Waals surface area contributed by atoms with Gasteiger partial charge in [-0.15, -0.1) is 0 Å². The average Bonchev–Trinajstić information content (AvgIpc) is 2.61. The number of halogens is 1. The van der Waals surface area contributed by atoms with Crippen LogP contribution in [-0.4, -0.2) is 29.0 Å². The number of carbonyl (C=O) groups is 1. The monoisotopic (exact) mass is 387 g/mol. The molecule has 0 radical (unpaired) electrons. The number of likely N-dealkylation sites (tertiary alicyclic amines) is 1. The topological polar surface area (TPSA) is 40.5 Å². The lowest BCUT2D eigenvalue weighted by Crippen LogP contribution is -2.40. The van der Waals surface area contributed by atoms with Crippen molar-refractivity contribution in [3.63, 3.8) is 0 Å². The fourth-order valence-corrected chi connectivity index (χ4v) is 3.85. The second-order valence-corrected chi connectivity index (χ2v) is 7.36. The number of hydrogen-bond acceptors (Lipinski definition) is 2. The molecule has 3 rings (SSSR count). The zero-order valence-corrected chi connectivity index (χ0v) is 15.4. The van der Waals surface area contributed by atoms with E-state index in [4.69, 9.17) is 0 Å². The number of aryl methyl sites for hydroxylation is 1. The molecule has 24 heavy (non-hydrogen) atoms. The molecule has 0 aliphatic carbocycles. The average molecular weight is 388 g/mol. The van der Waals surface area contributed by atoms with Gasteiger partial charge in [0.05, 0.1) is 6.10 Å². The highest BCUT2D eigenvalue weighted by Crippen LogP contribution is 2.31. The lowest BCUT2D eigenvalue weighted by Gasteiger charge is -2.34. The molecule has 1 unspecified atom stereocenters. The molecular weight excluding hydrogens is 366 g/mol. The van der Waals surface area contributed by atoms with Crippen molar-refractivity contribution in [2.24, 2.45) is 5.92 Å². The van der Waals surface area contributed by atoms with Gasteiger partial charge in [0.15, 0.2) is 0 Å². The predicted molar refractivity (Wildman–Crippen MR) is 98.9 cm³/mol. The minimum Gasteiger partial charge on any atom is -0.388 e. The van der Waals surface area contributed by atoms with Gasteiger partial charge in [0.25, 0.3) is 5.91 Å². The van der Waals surface area contributed by atoms with Gasteiger partial charge < -0.3 is 10.0 Å². The molecule has 0 spiro atoms. The maximum Gasteiger partial charge on any atom is 0.254 e. The molecule has 2 aromatic carbocycles. The van der Waals surface area contributed by atoms with Crippen molar-refractivity contribution in [2.45, 2.75) is 25.9 Å². The summed E-state index contributed by atoms with van der Waals surface area (Å²) in [6.45, 7) is 3.36. The summed E-state index contributed by atoms with van der Waals surface area (Å²) in [5.74, 6) is 0.301. The quantitative estimate of drug-likeness (QED) is 0.850. The van der Waals surface area contributed by atoms with Crippen LogP contribution in [0.1, 0.15) is 40.4 Å². The highest BCUT2D eigenvalue weighted by Gasteiger charge is 2.29. The molecule has 2 aromatic rings. The highest BCUT2D eigenvalue weighted by molar-refractivity contribution is 9.10. The molecule has 1 N–H and O–H groups in total. The van der Waals surface area contributed by atoms with Crippen molar-refractivity contribution in [2.75, 3.05) is 13.1 Å². The summed E-state index contributed by atoms with van der Waals surface area (Å²) in [6, 6.07) is 15.6. The first-order chi connectivity index (χ1) is 11.6. The molecular formula is C20H22BrNO2. The molecule has 3 nitrogen and oxygen atoms in total. The minimum absolute atomic E-state index is 0.0904. The Balaban J connectivity index is 1.63. The Hall–Kier alpha value is -1.65. The van der Waals surface area contributed by atoms with E-state index in [1.807, 2.05) is 60.4 Å². The van der Waals surface area contributed by atoms with Gasteiger partial charge in [0.1, 0.15) is 0 Å².